The van der Waals surface area contributed by atoms with Gasteiger partial charge < -0.3 is 17.8 Å². The van der Waals surface area contributed by atoms with Crippen LogP contribution in [-0.4, -0.2) is 63.4 Å². The molecule has 1 saturated heterocycles. The first-order valence-electron chi connectivity index (χ1n) is 15.2. The van der Waals surface area contributed by atoms with Gasteiger partial charge in [-0.05, 0) is 68.2 Å². The minimum absolute atomic E-state index is 0.0245. The Kier molecular flexibility index (Phi) is 9.37. The standard InChI is InChI=1S/C31H50N4O6SSi2/c1-20-14-21(2)27(22(3)15-20)42(36,37)40-29-26-28(32-18-33-29)35(19-34-26)25-16-23(41-44(12,13)31(7,8)9)24(39-25)17-38-43(10,11)30(4,5)6/h14-15,18-19,23-25H,16-17H2,1-13H3/t23?,24-,25-/m1/s1. The lowest BCUT2D eigenvalue weighted by atomic mass is 10.1. The van der Waals surface area contributed by atoms with E-state index < -0.39 is 33.0 Å². The summed E-state index contributed by atoms with van der Waals surface area (Å²) in [6.07, 6.45) is 2.55. The molecule has 0 radical (unpaired) electrons. The molecule has 10 nitrogen and oxygen atoms in total. The van der Waals surface area contributed by atoms with E-state index in [1.54, 1.807) is 20.2 Å². The van der Waals surface area contributed by atoms with Crippen molar-refractivity contribution in [2.24, 2.45) is 0 Å². The summed E-state index contributed by atoms with van der Waals surface area (Å²) in [5, 5.41) is 0.0847. The lowest BCUT2D eigenvalue weighted by Gasteiger charge is -2.40. The lowest BCUT2D eigenvalue weighted by Crippen LogP contribution is -2.48. The first-order valence-corrected chi connectivity index (χ1v) is 22.4. The number of hydrogen-bond acceptors (Lipinski definition) is 9. The number of aryl methyl sites for hydroxylation is 3. The summed E-state index contributed by atoms with van der Waals surface area (Å²) in [6, 6.07) is 3.64. The van der Waals surface area contributed by atoms with E-state index in [-0.39, 0.29) is 38.6 Å². The van der Waals surface area contributed by atoms with Crippen molar-refractivity contribution in [1.82, 2.24) is 19.5 Å². The average Bonchev–Trinajstić information content (AvgIpc) is 3.44. The van der Waals surface area contributed by atoms with Crippen LogP contribution in [0.5, 0.6) is 5.88 Å². The van der Waals surface area contributed by atoms with Crippen molar-refractivity contribution in [1.29, 1.82) is 0 Å². The smallest absolute Gasteiger partial charge is 0.341 e. The SMILES string of the molecule is Cc1cc(C)c(S(=O)(=O)Oc2ncnc3c2ncn3[C@H]2CC(O[Si](C)(C)C(C)(C)C)[C@@H](CO[Si](C)(C)C(C)(C)C)O2)c(C)c1. The van der Waals surface area contributed by atoms with E-state index in [4.69, 9.17) is 17.8 Å². The van der Waals surface area contributed by atoms with Crippen molar-refractivity contribution in [3.63, 3.8) is 0 Å². The largest absolute Gasteiger partial charge is 0.414 e. The number of ether oxygens (including phenoxy) is 1. The Bertz CT molecular complexity index is 1600. The lowest BCUT2D eigenvalue weighted by molar-refractivity contribution is -0.0383. The highest BCUT2D eigenvalue weighted by Gasteiger charge is 2.47. The van der Waals surface area contributed by atoms with Crippen molar-refractivity contribution < 1.29 is 26.2 Å². The fraction of sp³-hybridized carbons (Fsp3) is 0.645. The van der Waals surface area contributed by atoms with Gasteiger partial charge in [0.1, 0.15) is 23.6 Å². The van der Waals surface area contributed by atoms with E-state index in [9.17, 15) is 8.42 Å². The van der Waals surface area contributed by atoms with Crippen LogP contribution in [0.3, 0.4) is 0 Å². The van der Waals surface area contributed by atoms with Gasteiger partial charge in [0.25, 0.3) is 5.88 Å². The molecule has 0 aliphatic carbocycles. The fourth-order valence-electron chi connectivity index (χ4n) is 5.02. The zero-order valence-electron chi connectivity index (χ0n) is 28.6. The second-order valence-electron chi connectivity index (χ2n) is 15.1. The van der Waals surface area contributed by atoms with Crippen LogP contribution < -0.4 is 4.18 Å². The average molecular weight is 663 g/mol. The summed E-state index contributed by atoms with van der Waals surface area (Å²) in [5.74, 6) is -0.127. The Labute approximate surface area is 265 Å². The summed E-state index contributed by atoms with van der Waals surface area (Å²) in [7, 11) is -8.35. The van der Waals surface area contributed by atoms with Gasteiger partial charge in [-0.25, -0.2) is 9.97 Å². The van der Waals surface area contributed by atoms with Gasteiger partial charge in [0, 0.05) is 6.42 Å². The molecule has 44 heavy (non-hydrogen) atoms. The van der Waals surface area contributed by atoms with Crippen molar-refractivity contribution in [2.75, 3.05) is 6.61 Å². The summed E-state index contributed by atoms with van der Waals surface area (Å²) in [4.78, 5) is 13.2. The maximum Gasteiger partial charge on any atom is 0.341 e. The van der Waals surface area contributed by atoms with Gasteiger partial charge in [-0.1, -0.05) is 59.2 Å². The second kappa shape index (κ2) is 11.9. The highest BCUT2D eigenvalue weighted by atomic mass is 32.2. The Morgan fingerprint density at radius 3 is 2.09 bits per heavy atom. The molecule has 0 spiro atoms. The summed E-state index contributed by atoms with van der Waals surface area (Å²) in [5.41, 5.74) is 2.85. The Morgan fingerprint density at radius 1 is 0.932 bits per heavy atom. The molecule has 1 aliphatic rings. The summed E-state index contributed by atoms with van der Waals surface area (Å²) in [6.45, 7) is 28.2. The van der Waals surface area contributed by atoms with E-state index >= 15 is 0 Å². The van der Waals surface area contributed by atoms with Gasteiger partial charge in [0.2, 0.25) is 0 Å². The molecule has 0 saturated carbocycles. The number of hydrogen-bond donors (Lipinski definition) is 0. The number of aromatic nitrogens is 4. The van der Waals surface area contributed by atoms with Crippen molar-refractivity contribution in [3.05, 3.63) is 41.5 Å². The number of benzene rings is 1. The number of rotatable bonds is 9. The zero-order valence-corrected chi connectivity index (χ0v) is 31.4. The fourth-order valence-corrected chi connectivity index (χ4v) is 8.71. The Hall–Kier alpha value is -2.17. The topological polar surface area (TPSA) is 115 Å². The third kappa shape index (κ3) is 6.97. The van der Waals surface area contributed by atoms with Gasteiger partial charge in [-0.3, -0.25) is 4.57 Å². The highest BCUT2D eigenvalue weighted by molar-refractivity contribution is 7.87. The maximum atomic E-state index is 13.4. The van der Waals surface area contributed by atoms with Crippen LogP contribution in [0.1, 0.15) is 70.9 Å². The predicted molar refractivity (Wildman–Crippen MR) is 178 cm³/mol. The third-order valence-electron chi connectivity index (χ3n) is 9.53. The summed E-state index contributed by atoms with van der Waals surface area (Å²) < 4.78 is 54.4. The summed E-state index contributed by atoms with van der Waals surface area (Å²) >= 11 is 0. The molecular formula is C31H50N4O6SSi2. The van der Waals surface area contributed by atoms with Crippen LogP contribution in [0.2, 0.25) is 36.3 Å². The molecule has 0 amide bonds. The van der Waals surface area contributed by atoms with Gasteiger partial charge in [-0.2, -0.15) is 13.4 Å². The van der Waals surface area contributed by atoms with E-state index in [1.807, 2.05) is 23.6 Å². The van der Waals surface area contributed by atoms with Crippen LogP contribution in [-0.2, 0) is 23.7 Å². The van der Waals surface area contributed by atoms with Crippen LogP contribution in [0.4, 0.5) is 0 Å². The molecule has 244 valence electrons. The minimum atomic E-state index is -4.18. The minimum Gasteiger partial charge on any atom is -0.414 e. The molecular weight excluding hydrogens is 613 g/mol. The van der Waals surface area contributed by atoms with Gasteiger partial charge in [0.15, 0.2) is 27.8 Å². The number of fused-ring (bicyclic) bond motifs is 1. The quantitative estimate of drug-likeness (QED) is 0.173. The molecule has 3 atom stereocenters. The first-order chi connectivity index (χ1) is 20.0. The Balaban J connectivity index is 1.65. The monoisotopic (exact) mass is 662 g/mol. The van der Waals surface area contributed by atoms with Crippen LogP contribution in [0, 0.1) is 20.8 Å². The van der Waals surface area contributed by atoms with Crippen LogP contribution in [0.25, 0.3) is 11.2 Å². The van der Waals surface area contributed by atoms with E-state index in [2.05, 4.69) is 82.7 Å². The number of imidazole rings is 1. The van der Waals surface area contributed by atoms with Crippen LogP contribution in [0.15, 0.2) is 29.7 Å². The molecule has 1 aliphatic heterocycles. The van der Waals surface area contributed by atoms with Crippen molar-refractivity contribution in [3.8, 4) is 5.88 Å². The van der Waals surface area contributed by atoms with E-state index in [0.29, 0.717) is 29.8 Å². The normalized spacial score (nSPS) is 20.4. The van der Waals surface area contributed by atoms with E-state index in [0.717, 1.165) is 5.56 Å². The maximum absolute atomic E-state index is 13.4. The Morgan fingerprint density at radius 2 is 1.52 bits per heavy atom. The highest BCUT2D eigenvalue weighted by Crippen LogP contribution is 2.43. The van der Waals surface area contributed by atoms with Crippen LogP contribution >= 0.6 is 0 Å². The second-order valence-corrected chi connectivity index (χ2v) is 26.2. The molecule has 0 N–H and O–H groups in total. The first kappa shape index (κ1) is 34.7. The molecule has 1 unspecified atom stereocenters. The van der Waals surface area contributed by atoms with E-state index in [1.165, 1.54) is 6.33 Å². The zero-order chi connectivity index (χ0) is 33.0. The molecule has 4 rings (SSSR count). The molecule has 0 bridgehead atoms. The van der Waals surface area contributed by atoms with Crippen molar-refractivity contribution in [2.45, 2.75) is 128 Å². The molecule has 3 heterocycles. The van der Waals surface area contributed by atoms with Gasteiger partial charge >= 0.3 is 10.1 Å². The molecule has 3 aromatic rings. The van der Waals surface area contributed by atoms with Gasteiger partial charge in [-0.15, -0.1) is 0 Å². The molecule has 2 aromatic heterocycles. The molecule has 13 heteroatoms. The number of nitrogens with zero attached hydrogens (tertiary/aromatic N) is 4. The van der Waals surface area contributed by atoms with Gasteiger partial charge in [0.05, 0.1) is 19.0 Å². The third-order valence-corrected chi connectivity index (χ3v) is 20.1. The molecule has 1 fully saturated rings. The molecule has 1 aromatic carbocycles. The predicted octanol–water partition coefficient (Wildman–Crippen LogP) is 7.22. The van der Waals surface area contributed by atoms with Crippen molar-refractivity contribution >= 4 is 37.9 Å².